The predicted octanol–water partition coefficient (Wildman–Crippen LogP) is 5.82. The van der Waals surface area contributed by atoms with Crippen molar-refractivity contribution in [3.8, 4) is 5.75 Å². The highest BCUT2D eigenvalue weighted by Crippen LogP contribution is 2.52. The molecule has 3 heterocycles. The average molecular weight is 539 g/mol. The lowest BCUT2D eigenvalue weighted by Crippen LogP contribution is -2.50. The first kappa shape index (κ1) is 25.0. The van der Waals surface area contributed by atoms with E-state index in [1.54, 1.807) is 25.3 Å². The van der Waals surface area contributed by atoms with Crippen LogP contribution < -0.4 is 4.74 Å². The molecule has 3 aromatic rings. The summed E-state index contributed by atoms with van der Waals surface area (Å²) < 4.78 is 75.9. The van der Waals surface area contributed by atoms with Crippen LogP contribution in [0.3, 0.4) is 0 Å². The molecule has 1 aromatic heterocycles. The van der Waals surface area contributed by atoms with Gasteiger partial charge in [-0.1, -0.05) is 35.9 Å². The van der Waals surface area contributed by atoms with Crippen LogP contribution in [0.2, 0.25) is 5.02 Å². The quantitative estimate of drug-likeness (QED) is 0.418. The maximum atomic E-state index is 13.4. The highest BCUT2D eigenvalue weighted by molar-refractivity contribution is 7.89. The van der Waals surface area contributed by atoms with E-state index in [0.717, 1.165) is 35.4 Å². The fourth-order valence-corrected chi connectivity index (χ4v) is 6.93. The van der Waals surface area contributed by atoms with Crippen LogP contribution in [0.5, 0.6) is 5.75 Å². The number of ether oxygens (including phenoxy) is 2. The lowest BCUT2D eigenvalue weighted by molar-refractivity contribution is -0.274. The number of hydrogen-bond donors (Lipinski definition) is 0. The molecule has 1 saturated heterocycles. The molecule has 0 bridgehead atoms. The van der Waals surface area contributed by atoms with Crippen molar-refractivity contribution in [2.45, 2.75) is 48.8 Å². The Bertz CT molecular complexity index is 1380. The summed E-state index contributed by atoms with van der Waals surface area (Å²) in [5.41, 5.74) is 1.93. The topological polar surface area (TPSA) is 68.7 Å². The van der Waals surface area contributed by atoms with Crippen LogP contribution in [0, 0.1) is 0 Å². The fourth-order valence-electron chi connectivity index (χ4n) is 5.13. The van der Waals surface area contributed by atoms with Crippen molar-refractivity contribution < 1.29 is 31.1 Å². The number of fused-ring (bicyclic) bond motifs is 2. The van der Waals surface area contributed by atoms with Gasteiger partial charge in [-0.25, -0.2) is 8.42 Å². The summed E-state index contributed by atoms with van der Waals surface area (Å²) in [6, 6.07) is 15.1. The SMILES string of the molecule is CC1CC2(CCN1S(=O)(=O)c1ccc(OC(F)(F)F)cc1)OC(c1cc(Cl)ccn1)c1ccccc12. The Kier molecular flexibility index (Phi) is 6.27. The van der Waals surface area contributed by atoms with Crippen LogP contribution in [0.4, 0.5) is 13.2 Å². The Balaban J connectivity index is 1.40. The largest absolute Gasteiger partial charge is 0.573 e. The van der Waals surface area contributed by atoms with E-state index < -0.39 is 39.9 Å². The highest BCUT2D eigenvalue weighted by Gasteiger charge is 2.51. The van der Waals surface area contributed by atoms with Crippen LogP contribution in [0.25, 0.3) is 0 Å². The number of rotatable bonds is 4. The van der Waals surface area contributed by atoms with Crippen molar-refractivity contribution in [2.24, 2.45) is 0 Å². The molecule has 0 aliphatic carbocycles. The molecule has 1 spiro atoms. The second-order valence-electron chi connectivity index (χ2n) is 8.92. The number of halogens is 4. The van der Waals surface area contributed by atoms with E-state index in [1.807, 2.05) is 24.3 Å². The molecular formula is C25H22ClF3N2O4S. The monoisotopic (exact) mass is 538 g/mol. The number of alkyl halides is 3. The summed E-state index contributed by atoms with van der Waals surface area (Å²) in [5.74, 6) is -0.483. The van der Waals surface area contributed by atoms with Crippen LogP contribution >= 0.6 is 11.6 Å². The Labute approximate surface area is 211 Å². The molecule has 6 nitrogen and oxygen atoms in total. The summed E-state index contributed by atoms with van der Waals surface area (Å²) >= 11 is 6.19. The second kappa shape index (κ2) is 9.02. The molecule has 5 rings (SSSR count). The smallest absolute Gasteiger partial charge is 0.406 e. The third-order valence-electron chi connectivity index (χ3n) is 6.61. The molecule has 0 amide bonds. The highest BCUT2D eigenvalue weighted by atomic mass is 35.5. The first-order valence-corrected chi connectivity index (χ1v) is 13.1. The predicted molar refractivity (Wildman–Crippen MR) is 126 cm³/mol. The van der Waals surface area contributed by atoms with Gasteiger partial charge in [0.05, 0.1) is 16.2 Å². The van der Waals surface area contributed by atoms with E-state index in [9.17, 15) is 21.6 Å². The minimum Gasteiger partial charge on any atom is -0.406 e. The first-order chi connectivity index (χ1) is 17.0. The standard InChI is InChI=1S/C25H22ClF3N2O4S/c1-16-15-24(21-5-3-2-4-20(21)23(35-24)22-14-17(26)10-12-30-22)11-13-31(16)36(32,33)19-8-6-18(7-9-19)34-25(27,28)29/h2-10,12,14,16,23H,11,13,15H2,1H3. The van der Waals surface area contributed by atoms with Crippen molar-refractivity contribution in [2.75, 3.05) is 6.54 Å². The van der Waals surface area contributed by atoms with E-state index in [0.29, 0.717) is 23.6 Å². The summed E-state index contributed by atoms with van der Waals surface area (Å²) in [4.78, 5) is 4.34. The molecule has 3 atom stereocenters. The number of nitrogens with zero attached hydrogens (tertiary/aromatic N) is 2. The lowest BCUT2D eigenvalue weighted by Gasteiger charge is -2.43. The zero-order valence-corrected chi connectivity index (χ0v) is 20.6. The lowest BCUT2D eigenvalue weighted by atomic mass is 9.81. The normalized spacial score (nSPS) is 24.6. The van der Waals surface area contributed by atoms with Gasteiger partial charge in [0.15, 0.2) is 0 Å². The zero-order chi connectivity index (χ0) is 25.7. The molecule has 2 aliphatic heterocycles. The van der Waals surface area contributed by atoms with E-state index in [2.05, 4.69) is 9.72 Å². The zero-order valence-electron chi connectivity index (χ0n) is 19.1. The number of piperidine rings is 1. The molecule has 190 valence electrons. The van der Waals surface area contributed by atoms with Gasteiger partial charge in [0.2, 0.25) is 10.0 Å². The summed E-state index contributed by atoms with van der Waals surface area (Å²) in [6.45, 7) is 1.98. The van der Waals surface area contributed by atoms with E-state index in [4.69, 9.17) is 16.3 Å². The van der Waals surface area contributed by atoms with Crippen molar-refractivity contribution in [1.29, 1.82) is 0 Å². The molecule has 2 aromatic carbocycles. The van der Waals surface area contributed by atoms with Crippen molar-refractivity contribution >= 4 is 21.6 Å². The molecule has 36 heavy (non-hydrogen) atoms. The molecule has 2 aliphatic rings. The van der Waals surface area contributed by atoms with Crippen LogP contribution in [0.15, 0.2) is 71.8 Å². The van der Waals surface area contributed by atoms with Crippen LogP contribution in [-0.4, -0.2) is 36.7 Å². The Morgan fingerprint density at radius 1 is 1.14 bits per heavy atom. The Hall–Kier alpha value is -2.66. The third kappa shape index (κ3) is 4.58. The van der Waals surface area contributed by atoms with Gasteiger partial charge < -0.3 is 9.47 Å². The Morgan fingerprint density at radius 2 is 1.86 bits per heavy atom. The van der Waals surface area contributed by atoms with Gasteiger partial charge in [-0.05, 0) is 67.3 Å². The Morgan fingerprint density at radius 3 is 2.53 bits per heavy atom. The van der Waals surface area contributed by atoms with Crippen LogP contribution in [-0.2, 0) is 20.4 Å². The molecule has 11 heteroatoms. The second-order valence-corrected chi connectivity index (χ2v) is 11.2. The summed E-state index contributed by atoms with van der Waals surface area (Å²) in [5, 5.41) is 0.544. The average Bonchev–Trinajstić information content (AvgIpc) is 3.12. The van der Waals surface area contributed by atoms with Gasteiger partial charge in [-0.2, -0.15) is 4.31 Å². The van der Waals surface area contributed by atoms with Gasteiger partial charge in [0, 0.05) is 23.8 Å². The van der Waals surface area contributed by atoms with Crippen molar-refractivity contribution in [3.63, 3.8) is 0 Å². The van der Waals surface area contributed by atoms with Gasteiger partial charge in [-0.15, -0.1) is 13.2 Å². The molecule has 0 radical (unpaired) electrons. The van der Waals surface area contributed by atoms with Crippen LogP contribution in [0.1, 0.15) is 42.7 Å². The summed E-state index contributed by atoms with van der Waals surface area (Å²) in [7, 11) is -3.96. The first-order valence-electron chi connectivity index (χ1n) is 11.2. The third-order valence-corrected chi connectivity index (χ3v) is 8.87. The van der Waals surface area contributed by atoms with Crippen molar-refractivity contribution in [3.05, 3.63) is 88.7 Å². The number of pyridine rings is 1. The van der Waals surface area contributed by atoms with Gasteiger partial charge in [0.25, 0.3) is 0 Å². The number of aromatic nitrogens is 1. The number of hydrogen-bond acceptors (Lipinski definition) is 5. The fraction of sp³-hybridized carbons (Fsp3) is 0.320. The van der Waals surface area contributed by atoms with Gasteiger partial charge >= 0.3 is 6.36 Å². The minimum absolute atomic E-state index is 0.103. The van der Waals surface area contributed by atoms with E-state index >= 15 is 0 Å². The maximum Gasteiger partial charge on any atom is 0.573 e. The van der Waals surface area contributed by atoms with Crippen molar-refractivity contribution in [1.82, 2.24) is 9.29 Å². The molecular weight excluding hydrogens is 517 g/mol. The molecule has 0 N–H and O–H groups in total. The maximum absolute atomic E-state index is 13.4. The number of benzene rings is 2. The van der Waals surface area contributed by atoms with E-state index in [1.165, 1.54) is 4.31 Å². The van der Waals surface area contributed by atoms with Gasteiger partial charge in [0.1, 0.15) is 11.9 Å². The minimum atomic E-state index is -4.86. The number of sulfonamides is 1. The molecule has 3 unspecified atom stereocenters. The summed E-state index contributed by atoms with van der Waals surface area (Å²) in [6.07, 6.45) is -2.87. The van der Waals surface area contributed by atoms with Gasteiger partial charge in [-0.3, -0.25) is 4.98 Å². The molecule has 0 saturated carbocycles. The van der Waals surface area contributed by atoms with E-state index in [-0.39, 0.29) is 11.4 Å². The molecule has 1 fully saturated rings.